The standard InChI is InChI=1S/C19H15ClN6O/c1-12-17-18(24-23-10-13-4-2-3-5-16(13)27)21-11-22-19(17)26(25-12)15-8-6-14(20)7-9-15/h2-11,27H,1H3,(H,21,22,24)/b23-10+. The number of aromatic hydroxyl groups is 1. The quantitative estimate of drug-likeness (QED) is 0.415. The summed E-state index contributed by atoms with van der Waals surface area (Å²) in [5.74, 6) is 0.687. The number of halogens is 1. The molecular weight excluding hydrogens is 364 g/mol. The number of rotatable bonds is 4. The van der Waals surface area contributed by atoms with Gasteiger partial charge in [0.15, 0.2) is 11.5 Å². The number of nitrogens with one attached hydrogen (secondary N) is 1. The number of aromatic nitrogens is 4. The van der Waals surface area contributed by atoms with Crippen molar-refractivity contribution in [2.24, 2.45) is 5.10 Å². The number of phenols is 1. The third kappa shape index (κ3) is 3.32. The predicted molar refractivity (Wildman–Crippen MR) is 106 cm³/mol. The Labute approximate surface area is 160 Å². The van der Waals surface area contributed by atoms with Gasteiger partial charge in [-0.05, 0) is 43.3 Å². The van der Waals surface area contributed by atoms with Crippen LogP contribution in [0.15, 0.2) is 60.0 Å². The summed E-state index contributed by atoms with van der Waals surface area (Å²) in [6.07, 6.45) is 2.98. The van der Waals surface area contributed by atoms with Gasteiger partial charge in [-0.2, -0.15) is 10.2 Å². The van der Waals surface area contributed by atoms with Gasteiger partial charge in [0.1, 0.15) is 12.1 Å². The average Bonchev–Trinajstić information content (AvgIpc) is 3.02. The summed E-state index contributed by atoms with van der Waals surface area (Å²) in [6.45, 7) is 1.88. The average molecular weight is 379 g/mol. The van der Waals surface area contributed by atoms with Crippen molar-refractivity contribution in [1.29, 1.82) is 0 Å². The Bertz CT molecular complexity index is 1140. The third-order valence-electron chi connectivity index (χ3n) is 4.02. The molecule has 0 bridgehead atoms. The molecule has 0 aliphatic heterocycles. The Morgan fingerprint density at radius 1 is 1.11 bits per heavy atom. The van der Waals surface area contributed by atoms with E-state index in [2.05, 4.69) is 25.6 Å². The molecule has 0 amide bonds. The molecule has 134 valence electrons. The van der Waals surface area contributed by atoms with Crippen molar-refractivity contribution in [2.75, 3.05) is 5.43 Å². The number of fused-ring (bicyclic) bond motifs is 1. The van der Waals surface area contributed by atoms with Gasteiger partial charge in [0, 0.05) is 10.6 Å². The second-order valence-corrected chi connectivity index (χ2v) is 6.26. The maximum atomic E-state index is 9.81. The van der Waals surface area contributed by atoms with E-state index in [-0.39, 0.29) is 5.75 Å². The van der Waals surface area contributed by atoms with Gasteiger partial charge < -0.3 is 5.11 Å². The Morgan fingerprint density at radius 3 is 2.67 bits per heavy atom. The molecule has 0 aliphatic rings. The molecule has 27 heavy (non-hydrogen) atoms. The van der Waals surface area contributed by atoms with Crippen LogP contribution in [0.3, 0.4) is 0 Å². The van der Waals surface area contributed by atoms with Crippen LogP contribution in [-0.4, -0.2) is 31.1 Å². The van der Waals surface area contributed by atoms with E-state index in [9.17, 15) is 5.11 Å². The van der Waals surface area contributed by atoms with E-state index in [1.807, 2.05) is 25.1 Å². The lowest BCUT2D eigenvalue weighted by molar-refractivity contribution is 0.474. The van der Waals surface area contributed by atoms with Crippen LogP contribution in [-0.2, 0) is 0 Å². The van der Waals surface area contributed by atoms with Crippen molar-refractivity contribution in [3.8, 4) is 11.4 Å². The molecule has 0 saturated heterocycles. The van der Waals surface area contributed by atoms with Crippen LogP contribution >= 0.6 is 11.6 Å². The van der Waals surface area contributed by atoms with Gasteiger partial charge in [0.05, 0.1) is 23.0 Å². The molecular formula is C19H15ClN6O. The molecule has 2 aromatic heterocycles. The predicted octanol–water partition coefficient (Wildman–Crippen LogP) is 3.93. The number of para-hydroxylation sites is 1. The number of aryl methyl sites for hydroxylation is 1. The molecule has 0 atom stereocenters. The monoisotopic (exact) mass is 378 g/mol. The van der Waals surface area contributed by atoms with Crippen LogP contribution in [0.1, 0.15) is 11.3 Å². The van der Waals surface area contributed by atoms with Gasteiger partial charge in [0.25, 0.3) is 0 Å². The third-order valence-corrected chi connectivity index (χ3v) is 4.27. The van der Waals surface area contributed by atoms with Gasteiger partial charge in [-0.25, -0.2) is 14.6 Å². The lowest BCUT2D eigenvalue weighted by Gasteiger charge is -2.04. The van der Waals surface area contributed by atoms with E-state index in [0.717, 1.165) is 16.8 Å². The molecule has 4 aromatic rings. The first-order valence-electron chi connectivity index (χ1n) is 8.17. The smallest absolute Gasteiger partial charge is 0.168 e. The fraction of sp³-hybridized carbons (Fsp3) is 0.0526. The SMILES string of the molecule is Cc1nn(-c2ccc(Cl)cc2)c2ncnc(N/N=C/c3ccccc3O)c12. The van der Waals surface area contributed by atoms with Crippen LogP contribution in [0.25, 0.3) is 16.7 Å². The minimum atomic E-state index is 0.155. The Hall–Kier alpha value is -3.45. The first-order valence-corrected chi connectivity index (χ1v) is 8.54. The van der Waals surface area contributed by atoms with Crippen LogP contribution in [0.2, 0.25) is 5.02 Å². The molecule has 4 rings (SSSR count). The van der Waals surface area contributed by atoms with Crippen molar-refractivity contribution in [1.82, 2.24) is 19.7 Å². The Morgan fingerprint density at radius 2 is 1.89 bits per heavy atom. The number of hydrogen-bond donors (Lipinski definition) is 2. The van der Waals surface area contributed by atoms with Crippen LogP contribution in [0.5, 0.6) is 5.75 Å². The Kier molecular flexibility index (Phi) is 4.43. The van der Waals surface area contributed by atoms with Crippen molar-refractivity contribution in [3.63, 3.8) is 0 Å². The number of anilines is 1. The summed E-state index contributed by atoms with van der Waals surface area (Å²) >= 11 is 5.97. The zero-order valence-corrected chi connectivity index (χ0v) is 15.1. The van der Waals surface area contributed by atoms with Crippen molar-refractivity contribution >= 4 is 34.7 Å². The molecule has 2 aromatic carbocycles. The van der Waals surface area contributed by atoms with Gasteiger partial charge in [-0.3, -0.25) is 5.43 Å². The Balaban J connectivity index is 1.70. The summed E-state index contributed by atoms with van der Waals surface area (Å²) < 4.78 is 1.74. The lowest BCUT2D eigenvalue weighted by Crippen LogP contribution is -1.99. The molecule has 7 nitrogen and oxygen atoms in total. The molecule has 0 spiro atoms. The van der Waals surface area contributed by atoms with Crippen LogP contribution in [0, 0.1) is 6.92 Å². The molecule has 2 N–H and O–H groups in total. The minimum Gasteiger partial charge on any atom is -0.507 e. The van der Waals surface area contributed by atoms with Gasteiger partial charge in [0.2, 0.25) is 0 Å². The van der Waals surface area contributed by atoms with Crippen molar-refractivity contribution < 1.29 is 5.11 Å². The fourth-order valence-corrected chi connectivity index (χ4v) is 2.85. The summed E-state index contributed by atoms with van der Waals surface area (Å²) in [5, 5.41) is 20.0. The van der Waals surface area contributed by atoms with Crippen LogP contribution in [0.4, 0.5) is 5.82 Å². The molecule has 0 unspecified atom stereocenters. The highest BCUT2D eigenvalue weighted by atomic mass is 35.5. The maximum Gasteiger partial charge on any atom is 0.168 e. The normalized spacial score (nSPS) is 11.3. The highest BCUT2D eigenvalue weighted by Crippen LogP contribution is 2.26. The molecule has 8 heteroatoms. The van der Waals surface area contributed by atoms with E-state index in [0.29, 0.717) is 22.1 Å². The second kappa shape index (κ2) is 7.05. The van der Waals surface area contributed by atoms with E-state index >= 15 is 0 Å². The molecule has 2 heterocycles. The number of hydrogen-bond acceptors (Lipinski definition) is 6. The molecule has 0 aliphatic carbocycles. The summed E-state index contributed by atoms with van der Waals surface area (Å²) in [7, 11) is 0. The first kappa shape index (κ1) is 17.0. The number of phenolic OH excluding ortho intramolecular Hbond substituents is 1. The lowest BCUT2D eigenvalue weighted by atomic mass is 10.2. The van der Waals surface area contributed by atoms with Gasteiger partial charge >= 0.3 is 0 Å². The van der Waals surface area contributed by atoms with Crippen LogP contribution < -0.4 is 5.43 Å². The zero-order chi connectivity index (χ0) is 18.8. The maximum absolute atomic E-state index is 9.81. The van der Waals surface area contributed by atoms with Gasteiger partial charge in [-0.15, -0.1) is 0 Å². The van der Waals surface area contributed by atoms with E-state index in [1.54, 1.807) is 35.0 Å². The number of nitrogens with zero attached hydrogens (tertiary/aromatic N) is 5. The summed E-state index contributed by atoms with van der Waals surface area (Å²) in [5.41, 5.74) is 5.78. The number of hydrazone groups is 1. The fourth-order valence-electron chi connectivity index (χ4n) is 2.72. The minimum absolute atomic E-state index is 0.155. The summed E-state index contributed by atoms with van der Waals surface area (Å²) in [6, 6.07) is 14.3. The second-order valence-electron chi connectivity index (χ2n) is 5.82. The highest BCUT2D eigenvalue weighted by Gasteiger charge is 2.15. The zero-order valence-electron chi connectivity index (χ0n) is 14.3. The highest BCUT2D eigenvalue weighted by molar-refractivity contribution is 6.30. The summed E-state index contributed by atoms with van der Waals surface area (Å²) in [4.78, 5) is 8.64. The van der Waals surface area contributed by atoms with Crippen molar-refractivity contribution in [2.45, 2.75) is 6.92 Å². The number of benzene rings is 2. The molecule has 0 fully saturated rings. The van der Waals surface area contributed by atoms with Crippen molar-refractivity contribution in [3.05, 3.63) is 71.1 Å². The van der Waals surface area contributed by atoms with E-state index in [1.165, 1.54) is 12.5 Å². The van der Waals surface area contributed by atoms with Gasteiger partial charge in [-0.1, -0.05) is 23.7 Å². The topological polar surface area (TPSA) is 88.2 Å². The molecule has 0 radical (unpaired) electrons. The largest absolute Gasteiger partial charge is 0.507 e. The molecule has 0 saturated carbocycles. The van der Waals surface area contributed by atoms with E-state index in [4.69, 9.17) is 11.6 Å². The van der Waals surface area contributed by atoms with E-state index < -0.39 is 0 Å². The first-order chi connectivity index (χ1) is 13.1.